The zero-order valence-electron chi connectivity index (χ0n) is 16.4. The summed E-state index contributed by atoms with van der Waals surface area (Å²) in [5, 5.41) is 0.802. The average molecular weight is 401 g/mol. The molecule has 2 aromatic carbocycles. The van der Waals surface area contributed by atoms with Gasteiger partial charge in [-0.1, -0.05) is 11.8 Å². The monoisotopic (exact) mass is 400 g/mol. The molecule has 1 aromatic heterocycles. The van der Waals surface area contributed by atoms with Crippen molar-refractivity contribution in [3.63, 3.8) is 0 Å². The standard InChI is InChI=1S/C21H24N2O4S/c1-24-16-9-5-14(6-10-16)19-20(15-7-11-17(25-2)12-8-15)23-21(22-19)28-13-18(26-3)27-4/h5-12,18H,13H2,1-4H3,(H,22,23). The molecule has 0 amide bonds. The van der Waals surface area contributed by atoms with Crippen LogP contribution in [0.1, 0.15) is 0 Å². The fourth-order valence-electron chi connectivity index (χ4n) is 2.72. The number of nitrogens with zero attached hydrogens (tertiary/aromatic N) is 1. The maximum Gasteiger partial charge on any atom is 0.166 e. The summed E-state index contributed by atoms with van der Waals surface area (Å²) in [6.07, 6.45) is -0.288. The highest BCUT2D eigenvalue weighted by Gasteiger charge is 2.16. The van der Waals surface area contributed by atoms with E-state index in [9.17, 15) is 0 Å². The van der Waals surface area contributed by atoms with Crippen molar-refractivity contribution in [2.24, 2.45) is 0 Å². The molecule has 0 spiro atoms. The molecule has 0 bridgehead atoms. The lowest BCUT2D eigenvalue weighted by atomic mass is 10.0. The zero-order chi connectivity index (χ0) is 19.9. The summed E-state index contributed by atoms with van der Waals surface area (Å²) in [6, 6.07) is 15.8. The molecule has 0 unspecified atom stereocenters. The number of imidazole rings is 1. The first-order valence-corrected chi connectivity index (χ1v) is 9.74. The molecule has 3 aromatic rings. The lowest BCUT2D eigenvalue weighted by molar-refractivity contribution is -0.0842. The summed E-state index contributed by atoms with van der Waals surface area (Å²) in [7, 11) is 6.57. The maximum absolute atomic E-state index is 5.27. The smallest absolute Gasteiger partial charge is 0.166 e. The van der Waals surface area contributed by atoms with Crippen molar-refractivity contribution in [3.8, 4) is 34.0 Å². The van der Waals surface area contributed by atoms with Gasteiger partial charge in [0.05, 0.1) is 31.4 Å². The first-order chi connectivity index (χ1) is 13.7. The number of thioether (sulfide) groups is 1. The molecule has 0 atom stereocenters. The minimum Gasteiger partial charge on any atom is -0.497 e. The second-order valence-corrected chi connectivity index (χ2v) is 6.94. The first kappa shape index (κ1) is 20.3. The minimum absolute atomic E-state index is 0.288. The molecule has 0 aliphatic rings. The van der Waals surface area contributed by atoms with Crippen LogP contribution in [-0.4, -0.2) is 50.5 Å². The van der Waals surface area contributed by atoms with E-state index in [1.165, 1.54) is 0 Å². The van der Waals surface area contributed by atoms with E-state index in [-0.39, 0.29) is 6.29 Å². The maximum atomic E-state index is 5.27. The summed E-state index contributed by atoms with van der Waals surface area (Å²) in [4.78, 5) is 8.25. The number of benzene rings is 2. The molecule has 1 N–H and O–H groups in total. The molecule has 7 heteroatoms. The predicted octanol–water partition coefficient (Wildman–Crippen LogP) is 4.47. The molecule has 0 fully saturated rings. The quantitative estimate of drug-likeness (QED) is 0.422. The highest BCUT2D eigenvalue weighted by molar-refractivity contribution is 7.99. The van der Waals surface area contributed by atoms with Crippen molar-refractivity contribution < 1.29 is 18.9 Å². The molecule has 3 rings (SSSR count). The topological polar surface area (TPSA) is 65.6 Å². The lowest BCUT2D eigenvalue weighted by Gasteiger charge is -2.11. The Labute approximate surface area is 169 Å². The number of aromatic amines is 1. The Morgan fingerprint density at radius 3 is 1.86 bits per heavy atom. The van der Waals surface area contributed by atoms with E-state index in [0.29, 0.717) is 5.75 Å². The molecule has 28 heavy (non-hydrogen) atoms. The van der Waals surface area contributed by atoms with Crippen LogP contribution in [0.5, 0.6) is 11.5 Å². The summed E-state index contributed by atoms with van der Waals surface area (Å²) in [6.45, 7) is 0. The number of hydrogen-bond donors (Lipinski definition) is 1. The Morgan fingerprint density at radius 1 is 0.821 bits per heavy atom. The average Bonchev–Trinajstić information content (AvgIpc) is 3.19. The SMILES string of the molecule is COc1ccc(-c2nc(SCC(OC)OC)[nH]c2-c2ccc(OC)cc2)cc1. The van der Waals surface area contributed by atoms with E-state index < -0.39 is 0 Å². The van der Waals surface area contributed by atoms with Crippen LogP contribution in [0.2, 0.25) is 0 Å². The van der Waals surface area contributed by atoms with Crippen molar-refractivity contribution in [1.29, 1.82) is 0 Å². The van der Waals surface area contributed by atoms with Crippen molar-refractivity contribution in [2.45, 2.75) is 11.4 Å². The molecule has 148 valence electrons. The van der Waals surface area contributed by atoms with Gasteiger partial charge in [-0.2, -0.15) is 0 Å². The van der Waals surface area contributed by atoms with Gasteiger partial charge in [-0.25, -0.2) is 4.98 Å². The molecular formula is C21H24N2O4S. The van der Waals surface area contributed by atoms with Gasteiger partial charge < -0.3 is 23.9 Å². The molecule has 0 radical (unpaired) electrons. The van der Waals surface area contributed by atoms with E-state index in [1.807, 2.05) is 48.5 Å². The largest absolute Gasteiger partial charge is 0.497 e. The summed E-state index contributed by atoms with van der Waals surface area (Å²) < 4.78 is 21.1. The minimum atomic E-state index is -0.288. The predicted molar refractivity (Wildman–Crippen MR) is 111 cm³/mol. The summed E-state index contributed by atoms with van der Waals surface area (Å²) in [5.41, 5.74) is 3.86. The zero-order valence-corrected chi connectivity index (χ0v) is 17.2. The van der Waals surface area contributed by atoms with E-state index in [1.54, 1.807) is 40.2 Å². The number of ether oxygens (including phenoxy) is 4. The Morgan fingerprint density at radius 2 is 1.36 bits per heavy atom. The van der Waals surface area contributed by atoms with E-state index in [4.69, 9.17) is 23.9 Å². The number of aromatic nitrogens is 2. The van der Waals surface area contributed by atoms with Gasteiger partial charge in [0.15, 0.2) is 11.4 Å². The number of methoxy groups -OCH3 is 4. The molecule has 0 saturated heterocycles. The van der Waals surface area contributed by atoms with Gasteiger partial charge in [0.1, 0.15) is 11.5 Å². The van der Waals surface area contributed by atoms with Gasteiger partial charge in [0, 0.05) is 25.3 Å². The lowest BCUT2D eigenvalue weighted by Crippen LogP contribution is -2.15. The van der Waals surface area contributed by atoms with Crippen LogP contribution in [0.3, 0.4) is 0 Å². The van der Waals surface area contributed by atoms with Gasteiger partial charge in [-0.15, -0.1) is 0 Å². The second-order valence-electron chi connectivity index (χ2n) is 5.93. The highest BCUT2D eigenvalue weighted by atomic mass is 32.2. The van der Waals surface area contributed by atoms with E-state index in [2.05, 4.69) is 4.98 Å². The van der Waals surface area contributed by atoms with Crippen LogP contribution < -0.4 is 9.47 Å². The van der Waals surface area contributed by atoms with Gasteiger partial charge >= 0.3 is 0 Å². The normalized spacial score (nSPS) is 11.0. The fraction of sp³-hybridized carbons (Fsp3) is 0.286. The van der Waals surface area contributed by atoms with Gasteiger partial charge in [0.2, 0.25) is 0 Å². The summed E-state index contributed by atoms with van der Waals surface area (Å²) in [5.74, 6) is 2.25. The number of rotatable bonds is 9. The molecular weight excluding hydrogens is 376 g/mol. The van der Waals surface area contributed by atoms with Gasteiger partial charge in [0.25, 0.3) is 0 Å². The van der Waals surface area contributed by atoms with Crippen molar-refractivity contribution >= 4 is 11.8 Å². The third-order valence-corrected chi connectivity index (χ3v) is 5.21. The van der Waals surface area contributed by atoms with Crippen LogP contribution in [0.15, 0.2) is 53.7 Å². The highest BCUT2D eigenvalue weighted by Crippen LogP contribution is 2.34. The summed E-state index contributed by atoms with van der Waals surface area (Å²) >= 11 is 1.55. The molecule has 0 aliphatic carbocycles. The van der Waals surface area contributed by atoms with Gasteiger partial charge in [-0.3, -0.25) is 0 Å². The van der Waals surface area contributed by atoms with Crippen molar-refractivity contribution in [3.05, 3.63) is 48.5 Å². The van der Waals surface area contributed by atoms with Crippen molar-refractivity contribution in [1.82, 2.24) is 9.97 Å². The second kappa shape index (κ2) is 9.64. The van der Waals surface area contributed by atoms with Crippen LogP contribution >= 0.6 is 11.8 Å². The van der Waals surface area contributed by atoms with Crippen molar-refractivity contribution in [2.75, 3.05) is 34.2 Å². The first-order valence-electron chi connectivity index (χ1n) is 8.75. The Balaban J connectivity index is 1.96. The number of nitrogens with one attached hydrogen (secondary N) is 1. The Hall–Kier alpha value is -2.48. The van der Waals surface area contributed by atoms with Crippen LogP contribution in [-0.2, 0) is 9.47 Å². The van der Waals surface area contributed by atoms with E-state index in [0.717, 1.165) is 39.2 Å². The Bertz CT molecular complexity index is 809. The molecule has 0 saturated carbocycles. The Kier molecular flexibility index (Phi) is 6.97. The fourth-order valence-corrected chi connectivity index (χ4v) is 3.62. The number of H-pyrrole nitrogens is 1. The molecule has 0 aliphatic heterocycles. The number of hydrogen-bond acceptors (Lipinski definition) is 6. The van der Waals surface area contributed by atoms with Gasteiger partial charge in [-0.05, 0) is 48.5 Å². The third-order valence-electron chi connectivity index (χ3n) is 4.31. The van der Waals surface area contributed by atoms with Crippen LogP contribution in [0.4, 0.5) is 0 Å². The van der Waals surface area contributed by atoms with Crippen LogP contribution in [0.25, 0.3) is 22.5 Å². The molecule has 6 nitrogen and oxygen atoms in total. The third kappa shape index (κ3) is 4.67. The van der Waals surface area contributed by atoms with E-state index >= 15 is 0 Å². The van der Waals surface area contributed by atoms with Crippen LogP contribution in [0, 0.1) is 0 Å². The molecule has 1 heterocycles.